The van der Waals surface area contributed by atoms with Crippen molar-refractivity contribution in [2.75, 3.05) is 23.4 Å². The number of H-pyrrole nitrogens is 1. The van der Waals surface area contributed by atoms with Gasteiger partial charge in [-0.3, -0.25) is 14.3 Å². The average molecular weight is 629 g/mol. The SMILES string of the molecule is C=CCN1C(=O)[C@]2(O[C@H](CCn3cc(CCO)nn3)[C@@H]([Si](C)(C)O)[C@@H]2C)c2cc(NC(=O)Cc3c[nH]c4ccccc34)ccc21. The topological polar surface area (TPSA) is 146 Å². The Balaban J connectivity index is 1.31. The Morgan fingerprint density at radius 3 is 2.82 bits per heavy atom. The van der Waals surface area contributed by atoms with Crippen LogP contribution in [0.5, 0.6) is 0 Å². The first-order valence-corrected chi connectivity index (χ1v) is 18.4. The van der Waals surface area contributed by atoms with Crippen LogP contribution in [-0.4, -0.2) is 69.3 Å². The molecule has 4 heterocycles. The highest BCUT2D eigenvalue weighted by Crippen LogP contribution is 2.60. The van der Waals surface area contributed by atoms with E-state index >= 15 is 0 Å². The molecule has 2 aromatic carbocycles. The molecule has 1 spiro atoms. The van der Waals surface area contributed by atoms with E-state index in [-0.39, 0.29) is 36.3 Å². The van der Waals surface area contributed by atoms with Gasteiger partial charge in [0.25, 0.3) is 5.91 Å². The zero-order valence-electron chi connectivity index (χ0n) is 25.9. The largest absolute Gasteiger partial charge is 0.432 e. The summed E-state index contributed by atoms with van der Waals surface area (Å²) in [7, 11) is -2.85. The van der Waals surface area contributed by atoms with Gasteiger partial charge in [0.2, 0.25) is 5.91 Å². The second-order valence-electron chi connectivity index (χ2n) is 12.6. The molecule has 1 fully saturated rings. The summed E-state index contributed by atoms with van der Waals surface area (Å²) in [6.07, 6.45) is 6.05. The summed E-state index contributed by atoms with van der Waals surface area (Å²) in [6, 6.07) is 13.4. The Morgan fingerprint density at radius 2 is 2.07 bits per heavy atom. The van der Waals surface area contributed by atoms with Crippen molar-refractivity contribution in [1.82, 2.24) is 20.0 Å². The van der Waals surface area contributed by atoms with Gasteiger partial charge in [-0.25, -0.2) is 0 Å². The van der Waals surface area contributed by atoms with E-state index in [2.05, 4.69) is 27.2 Å². The zero-order chi connectivity index (χ0) is 31.9. The van der Waals surface area contributed by atoms with Crippen LogP contribution in [0.3, 0.4) is 0 Å². The average Bonchev–Trinajstić information content (AvgIpc) is 3.74. The Kier molecular flexibility index (Phi) is 8.25. The molecule has 0 bridgehead atoms. The number of carbonyl (C=O) groups excluding carboxylic acids is 2. The maximum atomic E-state index is 14.4. The number of rotatable bonds is 11. The lowest BCUT2D eigenvalue weighted by atomic mass is 9.82. The third-order valence-electron chi connectivity index (χ3n) is 9.20. The van der Waals surface area contributed by atoms with Gasteiger partial charge in [0.15, 0.2) is 13.9 Å². The number of aliphatic hydroxyl groups excluding tert-OH is 1. The molecule has 45 heavy (non-hydrogen) atoms. The van der Waals surface area contributed by atoms with E-state index in [1.165, 1.54) is 0 Å². The van der Waals surface area contributed by atoms with Gasteiger partial charge in [0, 0.05) is 72.1 Å². The van der Waals surface area contributed by atoms with Crippen molar-refractivity contribution in [3.63, 3.8) is 0 Å². The van der Waals surface area contributed by atoms with Crippen molar-refractivity contribution >= 4 is 42.4 Å². The molecule has 12 heteroatoms. The first-order chi connectivity index (χ1) is 21.6. The van der Waals surface area contributed by atoms with Gasteiger partial charge in [-0.05, 0) is 49.3 Å². The molecular formula is C33H40N6O5Si. The minimum absolute atomic E-state index is 0.00889. The highest BCUT2D eigenvalue weighted by molar-refractivity contribution is 6.71. The van der Waals surface area contributed by atoms with Crippen LogP contribution in [0.2, 0.25) is 18.6 Å². The summed E-state index contributed by atoms with van der Waals surface area (Å²) in [6.45, 7) is 10.4. The van der Waals surface area contributed by atoms with E-state index in [0.717, 1.165) is 16.5 Å². The van der Waals surface area contributed by atoms with Crippen LogP contribution in [0.25, 0.3) is 10.9 Å². The Labute approximate surface area is 263 Å². The number of aliphatic hydroxyl groups is 1. The van der Waals surface area contributed by atoms with Crippen molar-refractivity contribution in [3.8, 4) is 0 Å². The summed E-state index contributed by atoms with van der Waals surface area (Å²) in [4.78, 5) is 44.0. The minimum atomic E-state index is -2.85. The number of nitrogens with zero attached hydrogens (tertiary/aromatic N) is 4. The normalized spacial score (nSPS) is 22.8. The van der Waals surface area contributed by atoms with Gasteiger partial charge in [0.1, 0.15) is 0 Å². The fraction of sp³-hybridized carbons (Fsp3) is 0.394. The quantitative estimate of drug-likeness (QED) is 0.146. The second kappa shape index (κ2) is 12.0. The number of aryl methyl sites for hydroxylation is 1. The number of carbonyl (C=O) groups is 2. The molecule has 1 saturated heterocycles. The number of amides is 2. The first kappa shape index (κ1) is 30.9. The van der Waals surface area contributed by atoms with Gasteiger partial charge in [-0.15, -0.1) is 11.7 Å². The molecule has 6 rings (SSSR count). The van der Waals surface area contributed by atoms with E-state index in [1.807, 2.05) is 68.7 Å². The number of para-hydroxylation sites is 1. The molecule has 4 atom stereocenters. The Hall–Kier alpha value is -4.10. The van der Waals surface area contributed by atoms with Crippen LogP contribution < -0.4 is 10.2 Å². The van der Waals surface area contributed by atoms with E-state index < -0.39 is 20.0 Å². The fourth-order valence-corrected chi connectivity index (χ4v) is 9.93. The van der Waals surface area contributed by atoms with Crippen LogP contribution in [0.1, 0.15) is 30.2 Å². The maximum Gasteiger partial charge on any atom is 0.264 e. The van der Waals surface area contributed by atoms with Crippen molar-refractivity contribution in [3.05, 3.63) is 84.3 Å². The third kappa shape index (κ3) is 5.52. The molecule has 11 nitrogen and oxygen atoms in total. The number of aromatic amines is 1. The van der Waals surface area contributed by atoms with Gasteiger partial charge in [0.05, 0.1) is 23.9 Å². The van der Waals surface area contributed by atoms with E-state index in [0.29, 0.717) is 48.6 Å². The summed E-state index contributed by atoms with van der Waals surface area (Å²) in [5.41, 5.74) is 2.95. The molecule has 4 aromatic rings. The lowest BCUT2D eigenvalue weighted by Gasteiger charge is -2.32. The highest BCUT2D eigenvalue weighted by atomic mass is 28.4. The standard InChI is InChI=1S/C33H40N6O5Si/c1-5-14-39-28-11-10-23(35-30(41)17-22-19-34-27-9-7-6-8-25(22)27)18-26(28)33(32(39)42)21(2)31(45(3,4)43)29(44-33)12-15-38-20-24(13-16-40)36-37-38/h5-11,18-21,29,31,34,40,43H,1,12-17H2,2-4H3,(H,35,41)/t21-,29+,31-,33+/m0/s1. The number of aromatic nitrogens is 4. The van der Waals surface area contributed by atoms with Gasteiger partial charge in [-0.2, -0.15) is 0 Å². The van der Waals surface area contributed by atoms with Crippen LogP contribution in [0.4, 0.5) is 11.4 Å². The van der Waals surface area contributed by atoms with E-state index in [1.54, 1.807) is 21.9 Å². The molecule has 0 unspecified atom stereocenters. The van der Waals surface area contributed by atoms with Crippen molar-refractivity contribution in [2.45, 2.75) is 63.1 Å². The van der Waals surface area contributed by atoms with Gasteiger partial charge >= 0.3 is 0 Å². The predicted octanol–water partition coefficient (Wildman–Crippen LogP) is 3.90. The lowest BCUT2D eigenvalue weighted by Crippen LogP contribution is -2.46. The molecule has 2 aliphatic heterocycles. The van der Waals surface area contributed by atoms with E-state index in [9.17, 15) is 19.5 Å². The minimum Gasteiger partial charge on any atom is -0.432 e. The van der Waals surface area contributed by atoms with E-state index in [4.69, 9.17) is 4.74 Å². The Bertz CT molecular complexity index is 1740. The molecule has 236 valence electrons. The number of hydrogen-bond acceptors (Lipinski definition) is 7. The lowest BCUT2D eigenvalue weighted by molar-refractivity contribution is -0.145. The molecule has 0 aliphatic carbocycles. The molecule has 2 amide bonds. The smallest absolute Gasteiger partial charge is 0.264 e. The van der Waals surface area contributed by atoms with Crippen molar-refractivity contribution < 1.29 is 24.2 Å². The molecule has 2 aliphatic rings. The molecule has 0 saturated carbocycles. The second-order valence-corrected chi connectivity index (χ2v) is 16.6. The number of nitrogens with one attached hydrogen (secondary N) is 2. The molecule has 0 radical (unpaired) electrons. The number of anilines is 2. The Morgan fingerprint density at radius 1 is 1.27 bits per heavy atom. The van der Waals surface area contributed by atoms with Crippen LogP contribution >= 0.6 is 0 Å². The van der Waals surface area contributed by atoms with Crippen LogP contribution in [0.15, 0.2) is 67.5 Å². The highest BCUT2D eigenvalue weighted by Gasteiger charge is 2.66. The molecular weight excluding hydrogens is 588 g/mol. The zero-order valence-corrected chi connectivity index (χ0v) is 26.9. The molecule has 2 aromatic heterocycles. The fourth-order valence-electron chi connectivity index (χ4n) is 7.33. The van der Waals surface area contributed by atoms with Crippen molar-refractivity contribution in [1.29, 1.82) is 0 Å². The number of ether oxygens (including phenoxy) is 1. The number of benzene rings is 2. The third-order valence-corrected chi connectivity index (χ3v) is 11.7. The van der Waals surface area contributed by atoms with Gasteiger partial charge < -0.3 is 29.8 Å². The monoisotopic (exact) mass is 628 g/mol. The van der Waals surface area contributed by atoms with Crippen LogP contribution in [0, 0.1) is 5.92 Å². The summed E-state index contributed by atoms with van der Waals surface area (Å²) in [5.74, 6) is -0.702. The summed E-state index contributed by atoms with van der Waals surface area (Å²) >= 11 is 0. The maximum absolute atomic E-state index is 14.4. The molecule has 4 N–H and O–H groups in total. The van der Waals surface area contributed by atoms with Crippen molar-refractivity contribution in [2.24, 2.45) is 5.92 Å². The number of hydrogen-bond donors (Lipinski definition) is 4. The van der Waals surface area contributed by atoms with Gasteiger partial charge in [-0.1, -0.05) is 36.4 Å². The first-order valence-electron chi connectivity index (χ1n) is 15.4. The summed E-state index contributed by atoms with van der Waals surface area (Å²) in [5, 5.41) is 21.6. The summed E-state index contributed by atoms with van der Waals surface area (Å²) < 4.78 is 8.59. The predicted molar refractivity (Wildman–Crippen MR) is 174 cm³/mol. The van der Waals surface area contributed by atoms with Crippen LogP contribution in [-0.2, 0) is 39.3 Å². The number of fused-ring (bicyclic) bond motifs is 3.